The van der Waals surface area contributed by atoms with Crippen molar-refractivity contribution in [3.8, 4) is 11.8 Å². The van der Waals surface area contributed by atoms with Crippen LogP contribution in [0.3, 0.4) is 0 Å². The third-order valence-electron chi connectivity index (χ3n) is 2.41. The molecule has 1 N–H and O–H groups in total. The first-order valence-corrected chi connectivity index (χ1v) is 5.47. The monoisotopic (exact) mass is 232 g/mol. The fourth-order valence-corrected chi connectivity index (χ4v) is 1.30. The van der Waals surface area contributed by atoms with E-state index in [2.05, 4.69) is 5.32 Å². The molecule has 0 fully saturated rings. The summed E-state index contributed by atoms with van der Waals surface area (Å²) >= 11 is 0. The van der Waals surface area contributed by atoms with Crippen molar-refractivity contribution in [1.29, 1.82) is 5.26 Å². The quantitative estimate of drug-likeness (QED) is 0.786. The van der Waals surface area contributed by atoms with Crippen molar-refractivity contribution in [2.75, 3.05) is 13.2 Å². The van der Waals surface area contributed by atoms with Crippen molar-refractivity contribution in [1.82, 2.24) is 5.32 Å². The van der Waals surface area contributed by atoms with Crippen LogP contribution in [-0.4, -0.2) is 19.1 Å². The van der Waals surface area contributed by atoms with Gasteiger partial charge in [-0.25, -0.2) is 0 Å². The fourth-order valence-electron chi connectivity index (χ4n) is 1.30. The second-order valence-electron chi connectivity index (χ2n) is 3.78. The summed E-state index contributed by atoms with van der Waals surface area (Å²) in [5, 5.41) is 10.9. The van der Waals surface area contributed by atoms with Gasteiger partial charge >= 0.3 is 0 Å². The van der Waals surface area contributed by atoms with E-state index in [-0.39, 0.29) is 12.3 Å². The summed E-state index contributed by atoms with van der Waals surface area (Å²) in [6, 6.07) is 7.65. The Morgan fingerprint density at radius 2 is 2.18 bits per heavy atom. The van der Waals surface area contributed by atoms with Crippen molar-refractivity contribution in [2.24, 2.45) is 0 Å². The molecule has 17 heavy (non-hydrogen) atoms. The van der Waals surface area contributed by atoms with E-state index in [4.69, 9.17) is 10.00 Å². The van der Waals surface area contributed by atoms with Crippen LogP contribution in [0.1, 0.15) is 17.5 Å². The second kappa shape index (κ2) is 6.54. The highest BCUT2D eigenvalue weighted by Crippen LogP contribution is 2.15. The van der Waals surface area contributed by atoms with Crippen molar-refractivity contribution in [3.63, 3.8) is 0 Å². The van der Waals surface area contributed by atoms with Crippen LogP contribution in [0.2, 0.25) is 0 Å². The molecule has 0 saturated heterocycles. The average molecular weight is 232 g/mol. The Balaban J connectivity index is 2.29. The lowest BCUT2D eigenvalue weighted by atomic mass is 10.1. The fraction of sp³-hybridized carbons (Fsp3) is 0.385. The molecule has 0 spiro atoms. The number of benzene rings is 1. The minimum absolute atomic E-state index is 0.108. The van der Waals surface area contributed by atoms with E-state index in [1.807, 2.05) is 32.0 Å². The Hall–Kier alpha value is -2.02. The number of nitrogens with one attached hydrogen (secondary N) is 1. The molecular formula is C13H16N2O2. The molecule has 90 valence electrons. The maximum atomic E-state index is 11.0. The van der Waals surface area contributed by atoms with E-state index in [1.165, 1.54) is 11.1 Å². The first-order valence-electron chi connectivity index (χ1n) is 5.47. The van der Waals surface area contributed by atoms with E-state index in [0.717, 1.165) is 5.75 Å². The Morgan fingerprint density at radius 3 is 2.82 bits per heavy atom. The number of carbonyl (C=O) groups excluding carboxylic acids is 1. The molecule has 0 heterocycles. The predicted octanol–water partition coefficient (Wildman–Crippen LogP) is 1.71. The Bertz CT molecular complexity index is 436. The summed E-state index contributed by atoms with van der Waals surface area (Å²) in [5.74, 6) is 0.527. The molecule has 0 radical (unpaired) electrons. The molecule has 0 aliphatic carbocycles. The number of carbonyl (C=O) groups is 1. The molecule has 1 aromatic carbocycles. The van der Waals surface area contributed by atoms with Gasteiger partial charge in [0.25, 0.3) is 0 Å². The molecule has 1 rings (SSSR count). The summed E-state index contributed by atoms with van der Waals surface area (Å²) in [4.78, 5) is 11.0. The van der Waals surface area contributed by atoms with E-state index < -0.39 is 0 Å². The third-order valence-corrected chi connectivity index (χ3v) is 2.41. The van der Waals surface area contributed by atoms with Crippen molar-refractivity contribution >= 4 is 5.91 Å². The van der Waals surface area contributed by atoms with Crippen LogP contribution in [0.4, 0.5) is 0 Å². The largest absolute Gasteiger partial charge is 0.492 e. The molecule has 0 atom stereocenters. The van der Waals surface area contributed by atoms with Gasteiger partial charge in [0, 0.05) is 0 Å². The predicted molar refractivity (Wildman–Crippen MR) is 64.7 cm³/mol. The highest BCUT2D eigenvalue weighted by molar-refractivity contribution is 5.77. The van der Waals surface area contributed by atoms with E-state index in [1.54, 1.807) is 6.07 Å². The normalized spacial score (nSPS) is 9.47. The minimum Gasteiger partial charge on any atom is -0.492 e. The highest BCUT2D eigenvalue weighted by Gasteiger charge is 2.00. The molecule has 0 aliphatic rings. The summed E-state index contributed by atoms with van der Waals surface area (Å²) in [5.41, 5.74) is 2.40. The SMILES string of the molecule is Cc1ccc(OCCNC(=O)CC#N)cc1C. The van der Waals surface area contributed by atoms with Crippen molar-refractivity contribution in [3.05, 3.63) is 29.3 Å². The zero-order valence-corrected chi connectivity index (χ0v) is 10.1. The van der Waals surface area contributed by atoms with E-state index in [9.17, 15) is 4.79 Å². The average Bonchev–Trinajstić information content (AvgIpc) is 2.29. The number of nitrogens with zero attached hydrogens (tertiary/aromatic N) is 1. The van der Waals surface area contributed by atoms with Gasteiger partial charge in [0.05, 0.1) is 12.6 Å². The topological polar surface area (TPSA) is 62.1 Å². The van der Waals surface area contributed by atoms with Crippen LogP contribution in [-0.2, 0) is 4.79 Å². The van der Waals surface area contributed by atoms with Gasteiger partial charge in [0.15, 0.2) is 0 Å². The molecule has 1 amide bonds. The van der Waals surface area contributed by atoms with Crippen LogP contribution in [0, 0.1) is 25.2 Å². The van der Waals surface area contributed by atoms with Gasteiger partial charge in [-0.2, -0.15) is 5.26 Å². The first kappa shape index (κ1) is 13.0. The molecule has 1 aromatic rings. The van der Waals surface area contributed by atoms with Crippen LogP contribution in [0.5, 0.6) is 5.75 Å². The van der Waals surface area contributed by atoms with Crippen LogP contribution in [0.25, 0.3) is 0 Å². The van der Waals surface area contributed by atoms with Gasteiger partial charge in [-0.05, 0) is 37.1 Å². The Labute approximate surface area is 101 Å². The number of amides is 1. The molecule has 0 aromatic heterocycles. The smallest absolute Gasteiger partial charge is 0.234 e. The van der Waals surface area contributed by atoms with E-state index >= 15 is 0 Å². The molecule has 0 saturated carbocycles. The van der Waals surface area contributed by atoms with E-state index in [0.29, 0.717) is 13.2 Å². The highest BCUT2D eigenvalue weighted by atomic mass is 16.5. The first-order chi connectivity index (χ1) is 8.13. The van der Waals surface area contributed by atoms with Crippen molar-refractivity contribution < 1.29 is 9.53 Å². The molecule has 4 nitrogen and oxygen atoms in total. The minimum atomic E-state index is -0.267. The summed E-state index contributed by atoms with van der Waals surface area (Å²) in [6.45, 7) is 4.88. The Kier molecular flexibility index (Phi) is 5.02. The summed E-state index contributed by atoms with van der Waals surface area (Å²) < 4.78 is 5.47. The molecule has 4 heteroatoms. The van der Waals surface area contributed by atoms with Gasteiger partial charge in [0.1, 0.15) is 18.8 Å². The molecular weight excluding hydrogens is 216 g/mol. The third kappa shape index (κ3) is 4.56. The number of aryl methyl sites for hydroxylation is 2. The zero-order valence-electron chi connectivity index (χ0n) is 10.1. The van der Waals surface area contributed by atoms with Gasteiger partial charge in [-0.15, -0.1) is 0 Å². The maximum absolute atomic E-state index is 11.0. The maximum Gasteiger partial charge on any atom is 0.234 e. The number of hydrogen-bond donors (Lipinski definition) is 1. The van der Waals surface area contributed by atoms with Gasteiger partial charge < -0.3 is 10.1 Å². The standard InChI is InChI=1S/C13H16N2O2/c1-10-3-4-12(9-11(10)2)17-8-7-15-13(16)5-6-14/h3-4,9H,5,7-8H2,1-2H3,(H,15,16). The molecule has 0 aliphatic heterocycles. The van der Waals surface area contributed by atoms with Crippen LogP contribution < -0.4 is 10.1 Å². The van der Waals surface area contributed by atoms with Gasteiger partial charge in [-0.3, -0.25) is 4.79 Å². The number of hydrogen-bond acceptors (Lipinski definition) is 3. The molecule has 0 unspecified atom stereocenters. The van der Waals surface area contributed by atoms with Gasteiger partial charge in [-0.1, -0.05) is 6.07 Å². The summed E-state index contributed by atoms with van der Waals surface area (Å²) in [7, 11) is 0. The lowest BCUT2D eigenvalue weighted by molar-refractivity contribution is -0.120. The number of ether oxygens (including phenoxy) is 1. The lowest BCUT2D eigenvalue weighted by Crippen LogP contribution is -2.27. The van der Waals surface area contributed by atoms with Crippen LogP contribution >= 0.6 is 0 Å². The van der Waals surface area contributed by atoms with Crippen molar-refractivity contribution in [2.45, 2.75) is 20.3 Å². The van der Waals surface area contributed by atoms with Gasteiger partial charge in [0.2, 0.25) is 5.91 Å². The molecule has 0 bridgehead atoms. The summed E-state index contributed by atoms with van der Waals surface area (Å²) in [6.07, 6.45) is -0.108. The second-order valence-corrected chi connectivity index (χ2v) is 3.78. The number of nitriles is 1. The Morgan fingerprint density at radius 1 is 1.41 bits per heavy atom. The zero-order chi connectivity index (χ0) is 12.7. The lowest BCUT2D eigenvalue weighted by Gasteiger charge is -2.08. The number of rotatable bonds is 5. The van der Waals surface area contributed by atoms with Crippen LogP contribution in [0.15, 0.2) is 18.2 Å².